The third kappa shape index (κ3) is 6.29. The van der Waals surface area contributed by atoms with E-state index >= 15 is 0 Å². The molecule has 2 aromatic carbocycles. The summed E-state index contributed by atoms with van der Waals surface area (Å²) in [6.07, 6.45) is 0. The number of anilines is 1. The van der Waals surface area contributed by atoms with Gasteiger partial charge in [0.1, 0.15) is 11.4 Å². The van der Waals surface area contributed by atoms with Crippen LogP contribution in [0.2, 0.25) is 0 Å². The number of carbonyl (C=O) groups excluding carboxylic acids is 2. The summed E-state index contributed by atoms with van der Waals surface area (Å²) < 4.78 is 10.9. The first-order chi connectivity index (χ1) is 16.3. The second-order valence-corrected chi connectivity index (χ2v) is 10.8. The Morgan fingerprint density at radius 2 is 1.71 bits per heavy atom. The van der Waals surface area contributed by atoms with Gasteiger partial charge in [-0.1, -0.05) is 58.8 Å². The smallest absolute Gasteiger partial charge is 0.259 e. The summed E-state index contributed by atoms with van der Waals surface area (Å²) in [5.41, 5.74) is 4.00. The number of nitrogens with one attached hydrogen (secondary N) is 2. The number of aromatic nitrogens is 1. The number of benzene rings is 2. The summed E-state index contributed by atoms with van der Waals surface area (Å²) in [7, 11) is 1.55. The molecule has 3 rings (SSSR count). The van der Waals surface area contributed by atoms with Crippen molar-refractivity contribution in [1.29, 1.82) is 0 Å². The fourth-order valence-corrected chi connectivity index (χ4v) is 3.48. The SMILES string of the molecule is COc1ccc(C(C)(C)C)cc1C(=O)Nc1ccc(C)c(-c2cc(CNC(=O)C(C)(C)C)on2)c1. The molecule has 2 amide bonds. The molecular weight excluding hydrogens is 442 g/mol. The second-order valence-electron chi connectivity index (χ2n) is 10.8. The molecule has 7 heteroatoms. The molecule has 0 atom stereocenters. The van der Waals surface area contributed by atoms with Gasteiger partial charge >= 0.3 is 0 Å². The maximum absolute atomic E-state index is 13.2. The van der Waals surface area contributed by atoms with E-state index < -0.39 is 5.41 Å². The predicted octanol–water partition coefficient (Wildman–Crippen LogP) is 5.87. The average molecular weight is 478 g/mol. The van der Waals surface area contributed by atoms with E-state index in [1.165, 1.54) is 0 Å². The van der Waals surface area contributed by atoms with Crippen molar-refractivity contribution in [3.05, 3.63) is 64.9 Å². The molecule has 2 N–H and O–H groups in total. The molecule has 0 fully saturated rings. The largest absolute Gasteiger partial charge is 0.496 e. The van der Waals surface area contributed by atoms with Crippen LogP contribution in [0.3, 0.4) is 0 Å². The maximum atomic E-state index is 13.2. The summed E-state index contributed by atoms with van der Waals surface area (Å²) in [5, 5.41) is 10.0. The molecule has 0 radical (unpaired) electrons. The Morgan fingerprint density at radius 1 is 1.00 bits per heavy atom. The number of hydrogen-bond acceptors (Lipinski definition) is 5. The fraction of sp³-hybridized carbons (Fsp3) is 0.393. The number of hydrogen-bond donors (Lipinski definition) is 2. The van der Waals surface area contributed by atoms with E-state index in [-0.39, 0.29) is 23.8 Å². The van der Waals surface area contributed by atoms with Gasteiger partial charge in [0, 0.05) is 22.7 Å². The Labute approximate surface area is 207 Å². The van der Waals surface area contributed by atoms with Gasteiger partial charge in [0.15, 0.2) is 5.76 Å². The Morgan fingerprint density at radius 3 is 2.34 bits per heavy atom. The van der Waals surface area contributed by atoms with Crippen molar-refractivity contribution in [2.75, 3.05) is 12.4 Å². The molecule has 35 heavy (non-hydrogen) atoms. The van der Waals surface area contributed by atoms with E-state index in [0.717, 1.165) is 16.7 Å². The highest BCUT2D eigenvalue weighted by molar-refractivity contribution is 6.06. The Kier molecular flexibility index (Phi) is 7.38. The quantitative estimate of drug-likeness (QED) is 0.463. The molecule has 1 aromatic heterocycles. The molecule has 0 spiro atoms. The van der Waals surface area contributed by atoms with E-state index in [2.05, 4.69) is 36.6 Å². The van der Waals surface area contributed by atoms with Crippen LogP contribution < -0.4 is 15.4 Å². The fourth-order valence-electron chi connectivity index (χ4n) is 3.48. The van der Waals surface area contributed by atoms with Crippen LogP contribution in [0.15, 0.2) is 47.0 Å². The zero-order chi connectivity index (χ0) is 26.0. The minimum Gasteiger partial charge on any atom is -0.496 e. The topological polar surface area (TPSA) is 93.5 Å². The highest BCUT2D eigenvalue weighted by Crippen LogP contribution is 2.30. The van der Waals surface area contributed by atoms with Gasteiger partial charge in [0.05, 0.1) is 19.2 Å². The van der Waals surface area contributed by atoms with Crippen LogP contribution >= 0.6 is 0 Å². The van der Waals surface area contributed by atoms with E-state index in [0.29, 0.717) is 28.5 Å². The number of amides is 2. The van der Waals surface area contributed by atoms with Gasteiger partial charge in [-0.3, -0.25) is 9.59 Å². The van der Waals surface area contributed by atoms with Crippen LogP contribution in [0, 0.1) is 12.3 Å². The normalized spacial score (nSPS) is 11.8. The highest BCUT2D eigenvalue weighted by atomic mass is 16.5. The van der Waals surface area contributed by atoms with Crippen molar-refractivity contribution in [3.63, 3.8) is 0 Å². The Balaban J connectivity index is 1.82. The molecule has 0 saturated heterocycles. The lowest BCUT2D eigenvalue weighted by atomic mass is 9.86. The van der Waals surface area contributed by atoms with Crippen molar-refractivity contribution in [3.8, 4) is 17.0 Å². The van der Waals surface area contributed by atoms with Crippen LogP contribution in [0.5, 0.6) is 5.75 Å². The summed E-state index contributed by atoms with van der Waals surface area (Å²) in [4.78, 5) is 25.3. The van der Waals surface area contributed by atoms with E-state index in [9.17, 15) is 9.59 Å². The predicted molar refractivity (Wildman–Crippen MR) is 138 cm³/mol. The lowest BCUT2D eigenvalue weighted by molar-refractivity contribution is -0.128. The molecule has 7 nitrogen and oxygen atoms in total. The first-order valence-electron chi connectivity index (χ1n) is 11.6. The minimum atomic E-state index is -0.485. The van der Waals surface area contributed by atoms with Gasteiger partial charge in [0.25, 0.3) is 5.91 Å². The number of rotatable bonds is 6. The summed E-state index contributed by atoms with van der Waals surface area (Å²) in [6, 6.07) is 13.1. The van der Waals surface area contributed by atoms with E-state index in [4.69, 9.17) is 9.26 Å². The molecule has 0 saturated carbocycles. The third-order valence-corrected chi connectivity index (χ3v) is 5.74. The molecule has 0 bridgehead atoms. The molecular formula is C28H35N3O4. The molecule has 186 valence electrons. The Hall–Kier alpha value is -3.61. The van der Waals surface area contributed by atoms with Crippen molar-refractivity contribution >= 4 is 17.5 Å². The van der Waals surface area contributed by atoms with Crippen molar-refractivity contribution in [1.82, 2.24) is 10.5 Å². The number of nitrogens with zero attached hydrogens (tertiary/aromatic N) is 1. The van der Waals surface area contributed by atoms with Crippen LogP contribution in [-0.4, -0.2) is 24.1 Å². The number of carbonyl (C=O) groups is 2. The highest BCUT2D eigenvalue weighted by Gasteiger charge is 2.22. The average Bonchev–Trinajstić information content (AvgIpc) is 3.25. The van der Waals surface area contributed by atoms with Crippen LogP contribution in [0.25, 0.3) is 11.3 Å². The number of aryl methyl sites for hydroxylation is 1. The zero-order valence-corrected chi connectivity index (χ0v) is 21.8. The van der Waals surface area contributed by atoms with Crippen LogP contribution in [-0.2, 0) is 16.8 Å². The lowest BCUT2D eigenvalue weighted by Crippen LogP contribution is -2.34. The first-order valence-corrected chi connectivity index (χ1v) is 11.6. The van der Waals surface area contributed by atoms with Gasteiger partial charge in [-0.15, -0.1) is 0 Å². The Bertz CT molecular complexity index is 1230. The van der Waals surface area contributed by atoms with Crippen molar-refractivity contribution in [2.45, 2.75) is 60.4 Å². The molecule has 0 aliphatic rings. The molecule has 1 heterocycles. The first kappa shape index (κ1) is 26.0. The third-order valence-electron chi connectivity index (χ3n) is 5.74. The summed E-state index contributed by atoms with van der Waals surface area (Å²) >= 11 is 0. The number of methoxy groups -OCH3 is 1. The van der Waals surface area contributed by atoms with Crippen molar-refractivity contribution in [2.24, 2.45) is 5.41 Å². The van der Waals surface area contributed by atoms with Gasteiger partial charge in [-0.2, -0.15) is 0 Å². The summed E-state index contributed by atoms with van der Waals surface area (Å²) in [5.74, 6) is 0.743. The van der Waals surface area contributed by atoms with Gasteiger partial charge < -0.3 is 19.9 Å². The monoisotopic (exact) mass is 477 g/mol. The standard InChI is InChI=1S/C28H35N3O4/c1-17-9-11-19(30-25(32)22-13-18(27(2,3)4)10-12-24(22)34-8)14-21(17)23-15-20(35-31-23)16-29-26(33)28(5,6)7/h9-15H,16H2,1-8H3,(H,29,33)(H,30,32). The second kappa shape index (κ2) is 9.94. The van der Waals surface area contributed by atoms with Crippen molar-refractivity contribution < 1.29 is 18.8 Å². The van der Waals surface area contributed by atoms with E-state index in [1.54, 1.807) is 13.2 Å². The molecule has 0 aliphatic carbocycles. The van der Waals surface area contributed by atoms with Crippen LogP contribution in [0.4, 0.5) is 5.69 Å². The van der Waals surface area contributed by atoms with Gasteiger partial charge in [-0.05, 0) is 47.7 Å². The van der Waals surface area contributed by atoms with Gasteiger partial charge in [-0.25, -0.2) is 0 Å². The zero-order valence-electron chi connectivity index (χ0n) is 21.8. The molecule has 0 aliphatic heterocycles. The maximum Gasteiger partial charge on any atom is 0.259 e. The molecule has 3 aromatic rings. The van der Waals surface area contributed by atoms with Crippen LogP contribution in [0.1, 0.15) is 68.8 Å². The van der Waals surface area contributed by atoms with Gasteiger partial charge in [0.2, 0.25) is 5.91 Å². The van der Waals surface area contributed by atoms with E-state index in [1.807, 2.05) is 64.1 Å². The molecule has 0 unspecified atom stereocenters. The minimum absolute atomic E-state index is 0.0673. The summed E-state index contributed by atoms with van der Waals surface area (Å²) in [6.45, 7) is 14.1. The lowest BCUT2D eigenvalue weighted by Gasteiger charge is -2.21. The number of ether oxygens (including phenoxy) is 1.